The number of benzene rings is 2. The lowest BCUT2D eigenvalue weighted by Crippen LogP contribution is -2.37. The van der Waals surface area contributed by atoms with E-state index in [0.717, 1.165) is 16.8 Å². The van der Waals surface area contributed by atoms with Crippen LogP contribution in [0.15, 0.2) is 53.7 Å². The Kier molecular flexibility index (Phi) is 5.14. The SMILES string of the molecule is CO/N=C1/C[C@@H](CO)N(C(=O)c2ccc(-c3ccccc3C)cc2)C1. The highest BCUT2D eigenvalue weighted by atomic mass is 16.6. The van der Waals surface area contributed by atoms with Gasteiger partial charge in [0.05, 0.1) is 24.9 Å². The van der Waals surface area contributed by atoms with Crippen molar-refractivity contribution in [3.8, 4) is 11.1 Å². The third-order valence-electron chi connectivity index (χ3n) is 4.54. The largest absolute Gasteiger partial charge is 0.399 e. The number of aliphatic hydroxyl groups excluding tert-OH is 1. The van der Waals surface area contributed by atoms with Crippen molar-refractivity contribution in [2.45, 2.75) is 19.4 Å². The van der Waals surface area contributed by atoms with Gasteiger partial charge in [0.15, 0.2) is 0 Å². The van der Waals surface area contributed by atoms with Crippen LogP contribution in [0.4, 0.5) is 0 Å². The topological polar surface area (TPSA) is 62.1 Å². The number of oxime groups is 1. The minimum Gasteiger partial charge on any atom is -0.399 e. The number of nitrogens with zero attached hydrogens (tertiary/aromatic N) is 2. The molecule has 1 amide bonds. The Morgan fingerprint density at radius 2 is 1.96 bits per heavy atom. The van der Waals surface area contributed by atoms with Crippen LogP contribution in [-0.4, -0.2) is 47.9 Å². The minimum absolute atomic E-state index is 0.0875. The van der Waals surface area contributed by atoms with Crippen molar-refractivity contribution >= 4 is 11.6 Å². The minimum atomic E-state index is -0.252. The van der Waals surface area contributed by atoms with Gasteiger partial charge in [-0.25, -0.2) is 0 Å². The van der Waals surface area contributed by atoms with E-state index >= 15 is 0 Å². The van der Waals surface area contributed by atoms with E-state index in [1.165, 1.54) is 12.7 Å². The Bertz CT molecular complexity index is 784. The maximum Gasteiger partial charge on any atom is 0.254 e. The number of carbonyl (C=O) groups excluding carboxylic acids is 1. The number of carbonyl (C=O) groups is 1. The first kappa shape index (κ1) is 17.2. The molecule has 0 unspecified atom stereocenters. The van der Waals surface area contributed by atoms with Crippen molar-refractivity contribution in [1.82, 2.24) is 4.90 Å². The summed E-state index contributed by atoms with van der Waals surface area (Å²) in [5, 5.41) is 13.5. The fourth-order valence-corrected chi connectivity index (χ4v) is 3.22. The first-order chi connectivity index (χ1) is 12.1. The summed E-state index contributed by atoms with van der Waals surface area (Å²) < 4.78 is 0. The highest BCUT2D eigenvalue weighted by Crippen LogP contribution is 2.25. The van der Waals surface area contributed by atoms with E-state index in [1.54, 1.807) is 4.90 Å². The van der Waals surface area contributed by atoms with Crippen LogP contribution < -0.4 is 0 Å². The molecule has 0 bridgehead atoms. The maximum atomic E-state index is 12.8. The Morgan fingerprint density at radius 3 is 2.60 bits per heavy atom. The van der Waals surface area contributed by atoms with E-state index in [4.69, 9.17) is 4.84 Å². The lowest BCUT2D eigenvalue weighted by atomic mass is 9.99. The van der Waals surface area contributed by atoms with E-state index in [1.807, 2.05) is 36.4 Å². The van der Waals surface area contributed by atoms with Crippen LogP contribution in [0.3, 0.4) is 0 Å². The van der Waals surface area contributed by atoms with Gasteiger partial charge in [0.1, 0.15) is 7.11 Å². The molecule has 5 heteroatoms. The van der Waals surface area contributed by atoms with Gasteiger partial charge in [-0.3, -0.25) is 4.79 Å². The van der Waals surface area contributed by atoms with E-state index in [0.29, 0.717) is 18.5 Å². The second kappa shape index (κ2) is 7.49. The summed E-state index contributed by atoms with van der Waals surface area (Å²) in [5.41, 5.74) is 4.81. The van der Waals surface area contributed by atoms with E-state index in [-0.39, 0.29) is 18.6 Å². The molecule has 0 spiro atoms. The average molecular weight is 338 g/mol. The highest BCUT2D eigenvalue weighted by Gasteiger charge is 2.33. The summed E-state index contributed by atoms with van der Waals surface area (Å²) in [6.45, 7) is 2.37. The Morgan fingerprint density at radius 1 is 1.24 bits per heavy atom. The summed E-state index contributed by atoms with van der Waals surface area (Å²) >= 11 is 0. The van der Waals surface area contributed by atoms with Gasteiger partial charge in [-0.05, 0) is 35.7 Å². The normalized spacial score (nSPS) is 18.6. The Labute approximate surface area is 147 Å². The molecule has 0 radical (unpaired) electrons. The summed E-state index contributed by atoms with van der Waals surface area (Å²) in [6, 6.07) is 15.5. The number of aryl methyl sites for hydroxylation is 1. The molecule has 3 rings (SSSR count). The monoisotopic (exact) mass is 338 g/mol. The van der Waals surface area contributed by atoms with Crippen LogP contribution in [0.25, 0.3) is 11.1 Å². The number of hydrogen-bond acceptors (Lipinski definition) is 4. The summed E-state index contributed by atoms with van der Waals surface area (Å²) in [7, 11) is 1.48. The second-order valence-electron chi connectivity index (χ2n) is 6.21. The molecule has 0 aliphatic carbocycles. The van der Waals surface area contributed by atoms with Gasteiger partial charge in [-0.15, -0.1) is 0 Å². The van der Waals surface area contributed by atoms with Gasteiger partial charge in [0.2, 0.25) is 0 Å². The molecule has 25 heavy (non-hydrogen) atoms. The first-order valence-corrected chi connectivity index (χ1v) is 8.31. The van der Waals surface area contributed by atoms with Crippen molar-refractivity contribution in [3.05, 3.63) is 59.7 Å². The summed E-state index contributed by atoms with van der Waals surface area (Å²) in [6.07, 6.45) is 0.539. The zero-order valence-electron chi connectivity index (χ0n) is 14.5. The standard InChI is InChI=1S/C20H22N2O3/c1-14-5-3-4-6-19(14)15-7-9-16(10-8-15)20(24)22-12-17(21-25-2)11-18(22)13-23/h3-10,18,23H,11-13H2,1-2H3/b21-17-/t18-/m0/s1. The van der Waals surface area contributed by atoms with Crippen molar-refractivity contribution in [1.29, 1.82) is 0 Å². The van der Waals surface area contributed by atoms with E-state index < -0.39 is 0 Å². The molecule has 5 nitrogen and oxygen atoms in total. The highest BCUT2D eigenvalue weighted by molar-refractivity contribution is 6.00. The molecule has 2 aromatic rings. The second-order valence-corrected chi connectivity index (χ2v) is 6.21. The number of aliphatic hydroxyl groups is 1. The molecule has 1 saturated heterocycles. The molecule has 0 saturated carbocycles. The van der Waals surface area contributed by atoms with E-state index in [9.17, 15) is 9.90 Å². The number of rotatable bonds is 4. The lowest BCUT2D eigenvalue weighted by molar-refractivity contribution is 0.0680. The van der Waals surface area contributed by atoms with Crippen LogP contribution in [0, 0.1) is 6.92 Å². The Hall–Kier alpha value is -2.66. The van der Waals surface area contributed by atoms with Crippen LogP contribution in [-0.2, 0) is 4.84 Å². The van der Waals surface area contributed by atoms with Crippen molar-refractivity contribution in [3.63, 3.8) is 0 Å². The fraction of sp³-hybridized carbons (Fsp3) is 0.300. The Balaban J connectivity index is 1.81. The molecule has 1 atom stereocenters. The van der Waals surface area contributed by atoms with Crippen LogP contribution in [0.2, 0.25) is 0 Å². The molecule has 130 valence electrons. The van der Waals surface area contributed by atoms with Crippen molar-refractivity contribution in [2.24, 2.45) is 5.16 Å². The molecular formula is C20H22N2O3. The van der Waals surface area contributed by atoms with Gasteiger partial charge in [-0.2, -0.15) is 0 Å². The number of amides is 1. The molecule has 1 N–H and O–H groups in total. The summed E-state index contributed by atoms with van der Waals surface area (Å²) in [5.74, 6) is -0.100. The lowest BCUT2D eigenvalue weighted by Gasteiger charge is -2.22. The first-order valence-electron chi connectivity index (χ1n) is 8.31. The van der Waals surface area contributed by atoms with Crippen molar-refractivity contribution in [2.75, 3.05) is 20.3 Å². The molecule has 0 aromatic heterocycles. The van der Waals surface area contributed by atoms with Crippen LogP contribution >= 0.6 is 0 Å². The van der Waals surface area contributed by atoms with Crippen molar-refractivity contribution < 1.29 is 14.7 Å². The van der Waals surface area contributed by atoms with Gasteiger partial charge in [0.25, 0.3) is 5.91 Å². The quantitative estimate of drug-likeness (QED) is 0.872. The van der Waals surface area contributed by atoms with Gasteiger partial charge < -0.3 is 14.8 Å². The predicted molar refractivity (Wildman–Crippen MR) is 97.6 cm³/mol. The molecule has 1 aliphatic rings. The average Bonchev–Trinajstić information content (AvgIpc) is 3.05. The van der Waals surface area contributed by atoms with Gasteiger partial charge in [-0.1, -0.05) is 41.6 Å². The third kappa shape index (κ3) is 3.56. The maximum absolute atomic E-state index is 12.8. The van der Waals surface area contributed by atoms with Crippen LogP contribution in [0.1, 0.15) is 22.3 Å². The molecular weight excluding hydrogens is 316 g/mol. The molecule has 2 aromatic carbocycles. The zero-order chi connectivity index (χ0) is 17.8. The predicted octanol–water partition coefficient (Wildman–Crippen LogP) is 2.87. The molecule has 1 aliphatic heterocycles. The van der Waals surface area contributed by atoms with Gasteiger partial charge in [0, 0.05) is 12.0 Å². The number of likely N-dealkylation sites (tertiary alicyclic amines) is 1. The van der Waals surface area contributed by atoms with Crippen LogP contribution in [0.5, 0.6) is 0 Å². The molecule has 1 heterocycles. The molecule has 1 fully saturated rings. The fourth-order valence-electron chi connectivity index (χ4n) is 3.22. The number of hydrogen-bond donors (Lipinski definition) is 1. The zero-order valence-corrected chi connectivity index (χ0v) is 14.5. The van der Waals surface area contributed by atoms with Gasteiger partial charge >= 0.3 is 0 Å². The summed E-state index contributed by atoms with van der Waals surface area (Å²) in [4.78, 5) is 19.2. The smallest absolute Gasteiger partial charge is 0.254 e. The third-order valence-corrected chi connectivity index (χ3v) is 4.54. The van der Waals surface area contributed by atoms with E-state index in [2.05, 4.69) is 24.2 Å².